The van der Waals surface area contributed by atoms with Gasteiger partial charge in [0.25, 0.3) is 0 Å². The van der Waals surface area contributed by atoms with Crippen molar-refractivity contribution in [1.29, 1.82) is 0 Å². The first-order chi connectivity index (χ1) is 21.2. The van der Waals surface area contributed by atoms with Crippen molar-refractivity contribution >= 4 is 27.4 Å². The molecule has 6 nitrogen and oxygen atoms in total. The Labute approximate surface area is 262 Å². The molecule has 8 heteroatoms. The number of hydrogen-bond donors (Lipinski definition) is 2. The second kappa shape index (κ2) is 14.0. The van der Waals surface area contributed by atoms with E-state index in [-0.39, 0.29) is 15.4 Å². The number of aromatic carboxylic acids is 1. The molecule has 0 radical (unpaired) electrons. The first-order valence-corrected chi connectivity index (χ1v) is 16.0. The van der Waals surface area contributed by atoms with Crippen LogP contribution in [-0.2, 0) is 22.8 Å². The Balaban J connectivity index is 1.30. The van der Waals surface area contributed by atoms with Gasteiger partial charge in [0.15, 0.2) is 0 Å². The second-order valence-electron chi connectivity index (χ2n) is 10.6. The van der Waals surface area contributed by atoms with E-state index in [1.165, 1.54) is 12.1 Å². The normalized spacial score (nSPS) is 12.2. The highest BCUT2D eigenvalue weighted by atomic mass is 35.5. The van der Waals surface area contributed by atoms with Gasteiger partial charge in [-0.3, -0.25) is 4.90 Å². The van der Waals surface area contributed by atoms with E-state index in [0.717, 1.165) is 16.7 Å². The summed E-state index contributed by atoms with van der Waals surface area (Å²) in [6, 6.07) is 37.1. The molecule has 1 atom stereocenters. The third-order valence-corrected chi connectivity index (χ3v) is 9.45. The van der Waals surface area contributed by atoms with Gasteiger partial charge in [0, 0.05) is 24.7 Å². The number of sulfone groups is 1. The van der Waals surface area contributed by atoms with Gasteiger partial charge in [-0.15, -0.1) is 0 Å². The molecule has 0 aliphatic carbocycles. The number of carbonyl (C=O) groups is 1. The van der Waals surface area contributed by atoms with Crippen LogP contribution in [0.2, 0.25) is 5.02 Å². The zero-order valence-electron chi connectivity index (χ0n) is 23.9. The van der Waals surface area contributed by atoms with Gasteiger partial charge in [-0.25, -0.2) is 13.2 Å². The van der Waals surface area contributed by atoms with E-state index in [1.807, 2.05) is 42.5 Å². The van der Waals surface area contributed by atoms with Crippen LogP contribution in [0.4, 0.5) is 0 Å². The van der Waals surface area contributed by atoms with Gasteiger partial charge in [0.05, 0.1) is 21.5 Å². The molecule has 0 aromatic heterocycles. The third-order valence-electron chi connectivity index (χ3n) is 7.45. The molecule has 0 aliphatic rings. The highest BCUT2D eigenvalue weighted by Gasteiger charge is 2.19. The minimum Gasteiger partial charge on any atom is -0.478 e. The predicted molar refractivity (Wildman–Crippen MR) is 173 cm³/mol. The lowest BCUT2D eigenvalue weighted by Gasteiger charge is -2.25. The molecule has 0 fully saturated rings. The van der Waals surface area contributed by atoms with E-state index in [4.69, 9.17) is 11.6 Å². The molecule has 5 aromatic carbocycles. The number of aliphatic hydroxyl groups excluding tert-OH is 1. The molecule has 224 valence electrons. The molecule has 0 heterocycles. The highest BCUT2D eigenvalue weighted by molar-refractivity contribution is 7.91. The average Bonchev–Trinajstić information content (AvgIpc) is 3.04. The minimum absolute atomic E-state index is 0.132. The third kappa shape index (κ3) is 7.81. The molecule has 0 unspecified atom stereocenters. The topological polar surface area (TPSA) is 94.9 Å². The first-order valence-electron chi connectivity index (χ1n) is 14.2. The number of nitrogens with zero attached hydrogens (tertiary/aromatic N) is 1. The summed E-state index contributed by atoms with van der Waals surface area (Å²) in [5, 5.41) is 20.9. The largest absolute Gasteiger partial charge is 0.478 e. The minimum atomic E-state index is -3.81. The molecule has 0 spiro atoms. The van der Waals surface area contributed by atoms with Crippen LogP contribution in [0.15, 0.2) is 137 Å². The standard InChI is InChI=1S/C36H32ClNO5S/c37-32-13-5-11-30(22-32)35(39)25-38(24-27-7-2-1-3-8-27)20-19-26-15-17-33(18-16-26)44(42,43)34-14-6-10-29(23-34)28-9-4-12-31(21-28)36(40)41/h1-18,21-23,35,39H,19-20,24-25H2,(H,40,41)/t35-/m0/s1. The summed E-state index contributed by atoms with van der Waals surface area (Å²) in [4.78, 5) is 13.9. The summed E-state index contributed by atoms with van der Waals surface area (Å²) in [6.07, 6.45) is -0.0579. The van der Waals surface area contributed by atoms with Gasteiger partial charge < -0.3 is 10.2 Å². The zero-order valence-corrected chi connectivity index (χ0v) is 25.5. The Morgan fingerprint density at radius 2 is 1.41 bits per heavy atom. The van der Waals surface area contributed by atoms with Crippen LogP contribution in [0.1, 0.15) is 33.2 Å². The van der Waals surface area contributed by atoms with Crippen molar-refractivity contribution in [2.45, 2.75) is 28.9 Å². The van der Waals surface area contributed by atoms with E-state index in [1.54, 1.807) is 60.7 Å². The van der Waals surface area contributed by atoms with Crippen molar-refractivity contribution in [2.24, 2.45) is 0 Å². The maximum atomic E-state index is 13.5. The number of carboxylic acids is 1. The maximum Gasteiger partial charge on any atom is 0.335 e. The number of benzene rings is 5. The van der Waals surface area contributed by atoms with Crippen LogP contribution in [0.5, 0.6) is 0 Å². The van der Waals surface area contributed by atoms with Crippen LogP contribution in [0.25, 0.3) is 11.1 Å². The van der Waals surface area contributed by atoms with Crippen molar-refractivity contribution in [3.8, 4) is 11.1 Å². The zero-order chi connectivity index (χ0) is 31.1. The molecule has 44 heavy (non-hydrogen) atoms. The van der Waals surface area contributed by atoms with Crippen molar-refractivity contribution in [2.75, 3.05) is 13.1 Å². The Morgan fingerprint density at radius 3 is 2.11 bits per heavy atom. The summed E-state index contributed by atoms with van der Waals surface area (Å²) < 4.78 is 27.0. The molecular weight excluding hydrogens is 594 g/mol. The number of carboxylic acid groups (broad SMARTS) is 1. The molecule has 2 N–H and O–H groups in total. The summed E-state index contributed by atoms with van der Waals surface area (Å²) >= 11 is 6.15. The summed E-state index contributed by atoms with van der Waals surface area (Å²) in [5.41, 5.74) is 4.22. The smallest absolute Gasteiger partial charge is 0.335 e. The molecule has 0 saturated carbocycles. The predicted octanol–water partition coefficient (Wildman–Crippen LogP) is 7.32. The van der Waals surface area contributed by atoms with E-state index >= 15 is 0 Å². The number of rotatable bonds is 12. The Kier molecular flexibility index (Phi) is 9.92. The average molecular weight is 626 g/mol. The Morgan fingerprint density at radius 1 is 0.727 bits per heavy atom. The van der Waals surface area contributed by atoms with Gasteiger partial charge in [0.1, 0.15) is 0 Å². The molecule has 0 amide bonds. The molecular formula is C36H32ClNO5S. The lowest BCUT2D eigenvalue weighted by molar-refractivity contribution is 0.0697. The van der Waals surface area contributed by atoms with Crippen molar-refractivity contribution in [1.82, 2.24) is 4.90 Å². The quantitative estimate of drug-likeness (QED) is 0.151. The van der Waals surface area contributed by atoms with E-state index in [2.05, 4.69) is 17.0 Å². The molecule has 0 aliphatic heterocycles. The van der Waals surface area contributed by atoms with Gasteiger partial charge >= 0.3 is 5.97 Å². The van der Waals surface area contributed by atoms with Crippen LogP contribution < -0.4 is 0 Å². The lowest BCUT2D eigenvalue weighted by atomic mass is 10.0. The van der Waals surface area contributed by atoms with Crippen molar-refractivity contribution < 1.29 is 23.4 Å². The molecule has 0 bridgehead atoms. The van der Waals surface area contributed by atoms with E-state index in [0.29, 0.717) is 42.2 Å². The Bertz CT molecular complexity index is 1840. The fourth-order valence-corrected chi connectivity index (χ4v) is 6.58. The van der Waals surface area contributed by atoms with Gasteiger partial charge in [0.2, 0.25) is 9.84 Å². The summed E-state index contributed by atoms with van der Waals surface area (Å²) in [5.74, 6) is -1.05. The summed E-state index contributed by atoms with van der Waals surface area (Å²) in [6.45, 7) is 1.71. The summed E-state index contributed by atoms with van der Waals surface area (Å²) in [7, 11) is -3.81. The van der Waals surface area contributed by atoms with Gasteiger partial charge in [-0.1, -0.05) is 90.5 Å². The van der Waals surface area contributed by atoms with Gasteiger partial charge in [-0.05, 0) is 82.8 Å². The molecule has 5 rings (SSSR count). The fourth-order valence-electron chi connectivity index (χ4n) is 5.07. The van der Waals surface area contributed by atoms with Crippen molar-refractivity contribution in [3.63, 3.8) is 0 Å². The SMILES string of the molecule is O=C(O)c1cccc(-c2cccc(S(=O)(=O)c3ccc(CCN(Cc4ccccc4)C[C@H](O)c4cccc(Cl)c4)cc3)c2)c1. The monoisotopic (exact) mass is 625 g/mol. The van der Waals surface area contributed by atoms with Gasteiger partial charge in [-0.2, -0.15) is 0 Å². The van der Waals surface area contributed by atoms with Crippen molar-refractivity contribution in [3.05, 3.63) is 155 Å². The van der Waals surface area contributed by atoms with Crippen LogP contribution in [0.3, 0.4) is 0 Å². The second-order valence-corrected chi connectivity index (χ2v) is 13.0. The van der Waals surface area contributed by atoms with Crippen LogP contribution in [-0.4, -0.2) is 42.6 Å². The lowest BCUT2D eigenvalue weighted by Crippen LogP contribution is -2.30. The fraction of sp³-hybridized carbons (Fsp3) is 0.139. The van der Waals surface area contributed by atoms with E-state index < -0.39 is 21.9 Å². The molecule has 5 aromatic rings. The Hall–Kier alpha value is -4.27. The first kappa shape index (κ1) is 31.2. The van der Waals surface area contributed by atoms with Crippen LogP contribution >= 0.6 is 11.6 Å². The van der Waals surface area contributed by atoms with E-state index in [9.17, 15) is 23.4 Å². The number of halogens is 1. The maximum absolute atomic E-state index is 13.5. The molecule has 0 saturated heterocycles. The highest BCUT2D eigenvalue weighted by Crippen LogP contribution is 2.28. The van der Waals surface area contributed by atoms with Crippen LogP contribution in [0, 0.1) is 0 Å². The number of aliphatic hydroxyl groups is 1. The number of hydrogen-bond acceptors (Lipinski definition) is 5.